The minimum atomic E-state index is -0.252. The second kappa shape index (κ2) is 5.88. The van der Waals surface area contributed by atoms with Gasteiger partial charge in [0.15, 0.2) is 0 Å². The fourth-order valence-electron chi connectivity index (χ4n) is 2.35. The summed E-state index contributed by atoms with van der Waals surface area (Å²) in [5, 5.41) is 9.21. The van der Waals surface area contributed by atoms with Gasteiger partial charge in [-0.2, -0.15) is 5.26 Å². The molecule has 2 N–H and O–H groups in total. The molecule has 0 aliphatic carbocycles. The first-order chi connectivity index (χ1) is 8.42. The number of benzene rings is 1. The van der Waals surface area contributed by atoms with Crippen LogP contribution in [0.15, 0.2) is 12.1 Å². The standard InChI is InChI=1S/C15H22N2O/c1-9(2)13(8-16)14(17)12-6-10(3)15(18-5)11(4)7-12/h6-7,9,13-14H,17H2,1-5H3. The molecule has 2 unspecified atom stereocenters. The van der Waals surface area contributed by atoms with Crippen molar-refractivity contribution < 1.29 is 4.74 Å². The number of hydrogen-bond donors (Lipinski definition) is 1. The molecule has 1 rings (SSSR count). The van der Waals surface area contributed by atoms with Crippen molar-refractivity contribution in [2.75, 3.05) is 7.11 Å². The lowest BCUT2D eigenvalue weighted by molar-refractivity contribution is 0.398. The number of nitrogens with zero attached hydrogens (tertiary/aromatic N) is 1. The van der Waals surface area contributed by atoms with Crippen molar-refractivity contribution in [2.24, 2.45) is 17.6 Å². The summed E-state index contributed by atoms with van der Waals surface area (Å²) in [6.45, 7) is 8.05. The Kier molecular flexibility index (Phi) is 4.75. The van der Waals surface area contributed by atoms with Crippen LogP contribution in [0.1, 0.15) is 36.6 Å². The number of rotatable bonds is 4. The van der Waals surface area contributed by atoms with E-state index < -0.39 is 0 Å². The van der Waals surface area contributed by atoms with Crippen LogP contribution in [0.2, 0.25) is 0 Å². The minimum Gasteiger partial charge on any atom is -0.496 e. The minimum absolute atomic E-state index is 0.169. The molecule has 1 aromatic carbocycles. The van der Waals surface area contributed by atoms with Crippen LogP contribution < -0.4 is 10.5 Å². The molecule has 0 spiro atoms. The molecule has 0 aromatic heterocycles. The highest BCUT2D eigenvalue weighted by molar-refractivity contribution is 5.44. The average molecular weight is 246 g/mol. The van der Waals surface area contributed by atoms with Gasteiger partial charge < -0.3 is 10.5 Å². The van der Waals surface area contributed by atoms with Crippen molar-refractivity contribution in [1.29, 1.82) is 5.26 Å². The topological polar surface area (TPSA) is 59.0 Å². The highest BCUT2D eigenvalue weighted by Crippen LogP contribution is 2.31. The molecule has 98 valence electrons. The molecule has 1 aromatic rings. The Morgan fingerprint density at radius 1 is 1.22 bits per heavy atom. The van der Waals surface area contributed by atoms with Gasteiger partial charge in [-0.25, -0.2) is 0 Å². The van der Waals surface area contributed by atoms with Crippen molar-refractivity contribution in [3.05, 3.63) is 28.8 Å². The Morgan fingerprint density at radius 3 is 2.06 bits per heavy atom. The summed E-state index contributed by atoms with van der Waals surface area (Å²) >= 11 is 0. The van der Waals surface area contributed by atoms with E-state index >= 15 is 0 Å². The molecule has 0 heterocycles. The zero-order chi connectivity index (χ0) is 13.9. The van der Waals surface area contributed by atoms with Gasteiger partial charge in [0.2, 0.25) is 0 Å². The Morgan fingerprint density at radius 2 is 1.72 bits per heavy atom. The third-order valence-corrected chi connectivity index (χ3v) is 3.33. The molecule has 0 saturated heterocycles. The van der Waals surface area contributed by atoms with Crippen LogP contribution in [0.5, 0.6) is 5.75 Å². The summed E-state index contributed by atoms with van der Waals surface area (Å²) in [6.07, 6.45) is 0. The van der Waals surface area contributed by atoms with E-state index in [9.17, 15) is 5.26 Å². The monoisotopic (exact) mass is 246 g/mol. The smallest absolute Gasteiger partial charge is 0.124 e. The Bertz CT molecular complexity index is 437. The van der Waals surface area contributed by atoms with E-state index in [1.165, 1.54) is 0 Å². The second-order valence-electron chi connectivity index (χ2n) is 5.11. The first kappa shape index (κ1) is 14.5. The van der Waals surface area contributed by atoms with Crippen molar-refractivity contribution >= 4 is 0 Å². The van der Waals surface area contributed by atoms with Crippen LogP contribution in [0.25, 0.3) is 0 Å². The number of ether oxygens (including phenoxy) is 1. The number of aryl methyl sites for hydroxylation is 2. The summed E-state index contributed by atoms with van der Waals surface area (Å²) in [4.78, 5) is 0. The molecule has 0 aliphatic rings. The van der Waals surface area contributed by atoms with Crippen molar-refractivity contribution in [1.82, 2.24) is 0 Å². The SMILES string of the molecule is COc1c(C)cc(C(N)C(C#N)C(C)C)cc1C. The van der Waals surface area contributed by atoms with Gasteiger partial charge in [0, 0.05) is 6.04 Å². The largest absolute Gasteiger partial charge is 0.496 e. The van der Waals surface area contributed by atoms with Crippen molar-refractivity contribution in [3.8, 4) is 11.8 Å². The summed E-state index contributed by atoms with van der Waals surface area (Å²) < 4.78 is 5.34. The van der Waals surface area contributed by atoms with E-state index in [0.717, 1.165) is 22.4 Å². The van der Waals surface area contributed by atoms with Gasteiger partial charge >= 0.3 is 0 Å². The van der Waals surface area contributed by atoms with Crippen LogP contribution in [0.4, 0.5) is 0 Å². The first-order valence-electron chi connectivity index (χ1n) is 6.22. The highest BCUT2D eigenvalue weighted by atomic mass is 16.5. The van der Waals surface area contributed by atoms with Crippen LogP contribution in [-0.2, 0) is 0 Å². The van der Waals surface area contributed by atoms with Crippen molar-refractivity contribution in [3.63, 3.8) is 0 Å². The van der Waals surface area contributed by atoms with E-state index in [4.69, 9.17) is 10.5 Å². The van der Waals surface area contributed by atoms with E-state index in [-0.39, 0.29) is 17.9 Å². The van der Waals surface area contributed by atoms with Crippen molar-refractivity contribution in [2.45, 2.75) is 33.7 Å². The molecule has 0 bridgehead atoms. The van der Waals surface area contributed by atoms with Gasteiger partial charge in [0.1, 0.15) is 5.75 Å². The van der Waals surface area contributed by atoms with E-state index in [0.29, 0.717) is 0 Å². The first-order valence-corrected chi connectivity index (χ1v) is 6.22. The summed E-state index contributed by atoms with van der Waals surface area (Å²) in [5.74, 6) is 0.967. The molecule has 0 fully saturated rings. The van der Waals surface area contributed by atoms with Crippen LogP contribution in [0, 0.1) is 37.0 Å². The quantitative estimate of drug-likeness (QED) is 0.888. The predicted molar refractivity (Wildman–Crippen MR) is 73.3 cm³/mol. The summed E-state index contributed by atoms with van der Waals surface area (Å²) in [6, 6.07) is 6.09. The number of nitriles is 1. The maximum absolute atomic E-state index is 9.21. The fourth-order valence-corrected chi connectivity index (χ4v) is 2.35. The fraction of sp³-hybridized carbons (Fsp3) is 0.533. The number of hydrogen-bond acceptors (Lipinski definition) is 3. The van der Waals surface area contributed by atoms with Gasteiger partial charge in [-0.15, -0.1) is 0 Å². The lowest BCUT2D eigenvalue weighted by Crippen LogP contribution is -2.24. The predicted octanol–water partition coefficient (Wildman–Crippen LogP) is 3.11. The molecule has 0 radical (unpaired) electrons. The zero-order valence-electron chi connectivity index (χ0n) is 11.8. The van der Waals surface area contributed by atoms with Crippen LogP contribution in [0.3, 0.4) is 0 Å². The highest BCUT2D eigenvalue weighted by Gasteiger charge is 2.23. The lowest BCUT2D eigenvalue weighted by atomic mass is 9.85. The van der Waals surface area contributed by atoms with Gasteiger partial charge in [-0.05, 0) is 36.5 Å². The lowest BCUT2D eigenvalue weighted by Gasteiger charge is -2.22. The summed E-state index contributed by atoms with van der Waals surface area (Å²) in [7, 11) is 1.67. The van der Waals surface area contributed by atoms with Crippen LogP contribution >= 0.6 is 0 Å². The molecule has 0 aliphatic heterocycles. The van der Waals surface area contributed by atoms with Gasteiger partial charge in [0.05, 0.1) is 19.1 Å². The maximum Gasteiger partial charge on any atom is 0.124 e. The van der Waals surface area contributed by atoms with E-state index in [2.05, 4.69) is 6.07 Å². The van der Waals surface area contributed by atoms with E-state index in [1.54, 1.807) is 7.11 Å². The third-order valence-electron chi connectivity index (χ3n) is 3.33. The molecule has 3 nitrogen and oxygen atoms in total. The molecular formula is C15H22N2O. The van der Waals surface area contributed by atoms with Crippen LogP contribution in [-0.4, -0.2) is 7.11 Å². The Labute approximate surface area is 110 Å². The zero-order valence-corrected chi connectivity index (χ0v) is 11.8. The molecule has 0 amide bonds. The van der Waals surface area contributed by atoms with Gasteiger partial charge in [-0.1, -0.05) is 26.0 Å². The Balaban J connectivity index is 3.15. The molecule has 3 heteroatoms. The number of methoxy groups -OCH3 is 1. The molecule has 18 heavy (non-hydrogen) atoms. The van der Waals surface area contributed by atoms with Gasteiger partial charge in [-0.3, -0.25) is 0 Å². The van der Waals surface area contributed by atoms with E-state index in [1.807, 2.05) is 39.8 Å². The van der Waals surface area contributed by atoms with Gasteiger partial charge in [0.25, 0.3) is 0 Å². The molecule has 2 atom stereocenters. The average Bonchev–Trinajstić information content (AvgIpc) is 2.28. The normalized spacial score (nSPS) is 14.1. The maximum atomic E-state index is 9.21. The molecule has 0 saturated carbocycles. The number of nitrogens with two attached hydrogens (primary N) is 1. The Hall–Kier alpha value is -1.53. The third kappa shape index (κ3) is 2.83. The summed E-state index contributed by atoms with van der Waals surface area (Å²) in [5.41, 5.74) is 9.34. The second-order valence-corrected chi connectivity index (χ2v) is 5.11. The molecular weight excluding hydrogens is 224 g/mol.